The fraction of sp³-hybridized carbons (Fsp3) is 0.625. The lowest BCUT2D eigenvalue weighted by Gasteiger charge is -2.31. The van der Waals surface area contributed by atoms with Gasteiger partial charge in [0.05, 0.1) is 6.20 Å². The number of Topliss-reactive ketones (excluding diaryl/α,β-unsaturated/α-hetero) is 1. The predicted molar refractivity (Wildman–Crippen MR) is 80.6 cm³/mol. The Morgan fingerprint density at radius 2 is 2.10 bits per heavy atom. The maximum absolute atomic E-state index is 12.7. The topological polar surface area (TPSA) is 60.7 Å². The van der Waals surface area contributed by atoms with Crippen LogP contribution in [0.3, 0.4) is 0 Å². The van der Waals surface area contributed by atoms with Gasteiger partial charge in [0.1, 0.15) is 17.6 Å². The quantitative estimate of drug-likeness (QED) is 0.867. The molecule has 3 rings (SSSR count). The Hall–Kier alpha value is -1.78. The predicted octanol–water partition coefficient (Wildman–Crippen LogP) is 2.86. The molecule has 1 aliphatic rings. The van der Waals surface area contributed by atoms with Gasteiger partial charge in [-0.25, -0.2) is 0 Å². The van der Waals surface area contributed by atoms with Gasteiger partial charge in [0, 0.05) is 12.1 Å². The summed E-state index contributed by atoms with van der Waals surface area (Å²) in [6.45, 7) is 6.94. The fourth-order valence-electron chi connectivity index (χ4n) is 3.83. The van der Waals surface area contributed by atoms with Crippen molar-refractivity contribution in [2.75, 3.05) is 0 Å². The summed E-state index contributed by atoms with van der Waals surface area (Å²) in [5, 5.41) is 8.69. The van der Waals surface area contributed by atoms with Crippen LogP contribution < -0.4 is 0 Å². The van der Waals surface area contributed by atoms with Crippen molar-refractivity contribution in [3.8, 4) is 0 Å². The number of carbonyl (C=O) groups excluding carboxylic acids is 1. The van der Waals surface area contributed by atoms with Crippen molar-refractivity contribution in [2.45, 2.75) is 46.6 Å². The Labute approximate surface area is 124 Å². The van der Waals surface area contributed by atoms with Crippen LogP contribution in [0.4, 0.5) is 0 Å². The molecule has 0 spiro atoms. The lowest BCUT2D eigenvalue weighted by molar-refractivity contribution is -0.127. The van der Waals surface area contributed by atoms with E-state index in [1.165, 1.54) is 4.80 Å². The average molecular weight is 286 g/mol. The molecule has 2 heterocycles. The van der Waals surface area contributed by atoms with Crippen molar-refractivity contribution in [3.63, 3.8) is 0 Å². The minimum absolute atomic E-state index is 0.0833. The highest BCUT2D eigenvalue weighted by Crippen LogP contribution is 2.49. The standard InChI is InChI=1S/C16H22N4O/c1-4-11-5-6-12(16(11,2)3)15(21)10-20-18-13-7-8-17-9-14(13)19-20/h7-9,11-12H,4-6,10H2,1-3H3. The normalized spacial score (nSPS) is 24.5. The van der Waals surface area contributed by atoms with Gasteiger partial charge in [-0.1, -0.05) is 27.2 Å². The molecule has 0 aromatic carbocycles. The van der Waals surface area contributed by atoms with Gasteiger partial charge < -0.3 is 0 Å². The van der Waals surface area contributed by atoms with Crippen LogP contribution in [0.25, 0.3) is 11.0 Å². The maximum atomic E-state index is 12.7. The van der Waals surface area contributed by atoms with Crippen LogP contribution in [0, 0.1) is 17.3 Å². The molecule has 2 atom stereocenters. The van der Waals surface area contributed by atoms with Gasteiger partial charge in [0.25, 0.3) is 0 Å². The number of fused-ring (bicyclic) bond motifs is 1. The monoisotopic (exact) mass is 286 g/mol. The van der Waals surface area contributed by atoms with Crippen molar-refractivity contribution in [1.82, 2.24) is 20.0 Å². The molecule has 2 aromatic rings. The molecule has 0 saturated heterocycles. The van der Waals surface area contributed by atoms with Crippen LogP contribution in [-0.2, 0) is 11.3 Å². The van der Waals surface area contributed by atoms with Crippen molar-refractivity contribution in [3.05, 3.63) is 18.5 Å². The molecule has 1 fully saturated rings. The molecular weight excluding hydrogens is 264 g/mol. The third-order valence-electron chi connectivity index (χ3n) is 5.16. The lowest BCUT2D eigenvalue weighted by Crippen LogP contribution is -2.32. The summed E-state index contributed by atoms with van der Waals surface area (Å²) < 4.78 is 0. The van der Waals surface area contributed by atoms with Crippen LogP contribution >= 0.6 is 0 Å². The number of hydrogen-bond acceptors (Lipinski definition) is 4. The van der Waals surface area contributed by atoms with Crippen LogP contribution in [0.2, 0.25) is 0 Å². The third kappa shape index (κ3) is 2.45. The second kappa shape index (κ2) is 5.20. The molecule has 1 saturated carbocycles. The molecule has 5 heteroatoms. The van der Waals surface area contributed by atoms with Crippen LogP contribution in [-0.4, -0.2) is 25.8 Å². The zero-order chi connectivity index (χ0) is 15.0. The summed E-state index contributed by atoms with van der Waals surface area (Å²) >= 11 is 0. The summed E-state index contributed by atoms with van der Waals surface area (Å²) in [6, 6.07) is 1.82. The van der Waals surface area contributed by atoms with Crippen molar-refractivity contribution in [2.24, 2.45) is 17.3 Å². The van der Waals surface area contributed by atoms with Gasteiger partial charge in [-0.15, -0.1) is 0 Å². The number of nitrogens with zero attached hydrogens (tertiary/aromatic N) is 4. The molecule has 0 aliphatic heterocycles. The van der Waals surface area contributed by atoms with E-state index in [1.807, 2.05) is 6.07 Å². The molecule has 0 N–H and O–H groups in total. The number of pyridine rings is 1. The molecule has 1 aliphatic carbocycles. The summed E-state index contributed by atoms with van der Waals surface area (Å²) in [7, 11) is 0. The first-order valence-corrected chi connectivity index (χ1v) is 7.70. The molecule has 0 radical (unpaired) electrons. The molecule has 2 unspecified atom stereocenters. The Morgan fingerprint density at radius 1 is 1.33 bits per heavy atom. The molecule has 0 amide bonds. The second-order valence-electron chi connectivity index (χ2n) is 6.62. The van der Waals surface area contributed by atoms with E-state index < -0.39 is 0 Å². The van der Waals surface area contributed by atoms with E-state index in [2.05, 4.69) is 36.0 Å². The van der Waals surface area contributed by atoms with Gasteiger partial charge in [-0.3, -0.25) is 9.78 Å². The third-order valence-corrected chi connectivity index (χ3v) is 5.16. The number of hydrogen-bond donors (Lipinski definition) is 0. The number of carbonyl (C=O) groups is 1. The zero-order valence-corrected chi connectivity index (χ0v) is 12.9. The Kier molecular flexibility index (Phi) is 3.51. The van der Waals surface area contributed by atoms with E-state index in [4.69, 9.17) is 0 Å². The van der Waals surface area contributed by atoms with Gasteiger partial charge in [-0.2, -0.15) is 15.0 Å². The smallest absolute Gasteiger partial charge is 0.159 e. The molecule has 21 heavy (non-hydrogen) atoms. The summed E-state index contributed by atoms with van der Waals surface area (Å²) in [5.74, 6) is 1.01. The summed E-state index contributed by atoms with van der Waals surface area (Å²) in [4.78, 5) is 18.2. The van der Waals surface area contributed by atoms with Crippen LogP contribution in [0.5, 0.6) is 0 Å². The highest BCUT2D eigenvalue weighted by Gasteiger charge is 2.45. The minimum Gasteiger partial charge on any atom is -0.297 e. The molecule has 0 bridgehead atoms. The van der Waals surface area contributed by atoms with E-state index in [0.29, 0.717) is 5.92 Å². The number of aromatic nitrogens is 4. The first kappa shape index (κ1) is 14.2. The van der Waals surface area contributed by atoms with Crippen molar-refractivity contribution < 1.29 is 4.79 Å². The Bertz CT molecular complexity index is 628. The maximum Gasteiger partial charge on any atom is 0.159 e. The number of ketones is 1. The SMILES string of the molecule is CCC1CCC(C(=O)Cn2nc3ccncc3n2)C1(C)C. The molecule has 5 nitrogen and oxygen atoms in total. The Balaban J connectivity index is 1.77. The Morgan fingerprint density at radius 3 is 2.76 bits per heavy atom. The second-order valence-corrected chi connectivity index (χ2v) is 6.62. The fourth-order valence-corrected chi connectivity index (χ4v) is 3.83. The van der Waals surface area contributed by atoms with Crippen LogP contribution in [0.1, 0.15) is 40.0 Å². The average Bonchev–Trinajstić information content (AvgIpc) is 2.97. The molecular formula is C16H22N4O. The summed E-state index contributed by atoms with van der Waals surface area (Å²) in [6.07, 6.45) is 6.66. The van der Waals surface area contributed by atoms with Gasteiger partial charge >= 0.3 is 0 Å². The minimum atomic E-state index is 0.0833. The van der Waals surface area contributed by atoms with Gasteiger partial charge in [-0.05, 0) is 30.2 Å². The lowest BCUT2D eigenvalue weighted by atomic mass is 9.73. The van der Waals surface area contributed by atoms with Crippen molar-refractivity contribution >= 4 is 16.8 Å². The van der Waals surface area contributed by atoms with E-state index in [0.717, 1.165) is 30.3 Å². The van der Waals surface area contributed by atoms with E-state index in [9.17, 15) is 4.79 Å². The van der Waals surface area contributed by atoms with E-state index in [-0.39, 0.29) is 23.7 Å². The number of rotatable bonds is 4. The zero-order valence-electron chi connectivity index (χ0n) is 12.9. The van der Waals surface area contributed by atoms with Crippen LogP contribution in [0.15, 0.2) is 18.5 Å². The van der Waals surface area contributed by atoms with E-state index >= 15 is 0 Å². The first-order valence-electron chi connectivity index (χ1n) is 7.70. The molecule has 112 valence electrons. The van der Waals surface area contributed by atoms with Gasteiger partial charge in [0.2, 0.25) is 0 Å². The molecule has 2 aromatic heterocycles. The highest BCUT2D eigenvalue weighted by atomic mass is 16.1. The van der Waals surface area contributed by atoms with Crippen molar-refractivity contribution in [1.29, 1.82) is 0 Å². The summed E-state index contributed by atoms with van der Waals surface area (Å²) in [5.41, 5.74) is 1.61. The van der Waals surface area contributed by atoms with Gasteiger partial charge in [0.15, 0.2) is 5.78 Å². The largest absolute Gasteiger partial charge is 0.297 e. The highest BCUT2D eigenvalue weighted by molar-refractivity contribution is 5.82. The van der Waals surface area contributed by atoms with E-state index in [1.54, 1.807) is 12.4 Å². The first-order chi connectivity index (χ1) is 10.0.